The summed E-state index contributed by atoms with van der Waals surface area (Å²) in [5.74, 6) is 0.734. The highest BCUT2D eigenvalue weighted by molar-refractivity contribution is 5.41. The van der Waals surface area contributed by atoms with Crippen molar-refractivity contribution in [1.82, 2.24) is 0 Å². The van der Waals surface area contributed by atoms with E-state index in [4.69, 9.17) is 9.47 Å². The summed E-state index contributed by atoms with van der Waals surface area (Å²) < 4.78 is 11.5. The molecule has 2 aromatic carbocycles. The number of ether oxygens (including phenoxy) is 2. The SMILES string of the molecule is CCC(CC)OCC(O)COc1ccc(C(C)(C)c2ccc(C(O)(CC)CC)cc2)cc1. The molecule has 0 fully saturated rings. The molecule has 0 bridgehead atoms. The molecule has 0 saturated carbocycles. The van der Waals surface area contributed by atoms with Crippen molar-refractivity contribution in [2.24, 2.45) is 0 Å². The molecule has 32 heavy (non-hydrogen) atoms. The van der Waals surface area contributed by atoms with Crippen molar-refractivity contribution >= 4 is 0 Å². The average Bonchev–Trinajstić information content (AvgIpc) is 2.83. The summed E-state index contributed by atoms with van der Waals surface area (Å²) in [4.78, 5) is 0. The molecular weight excluding hydrogens is 400 g/mol. The maximum absolute atomic E-state index is 10.8. The van der Waals surface area contributed by atoms with E-state index in [2.05, 4.69) is 52.0 Å². The Morgan fingerprint density at radius 2 is 1.22 bits per heavy atom. The van der Waals surface area contributed by atoms with Crippen molar-refractivity contribution < 1.29 is 19.7 Å². The van der Waals surface area contributed by atoms with Crippen LogP contribution in [0.1, 0.15) is 83.9 Å². The van der Waals surface area contributed by atoms with Crippen LogP contribution in [0, 0.1) is 0 Å². The summed E-state index contributed by atoms with van der Waals surface area (Å²) in [7, 11) is 0. The maximum atomic E-state index is 10.8. The molecule has 1 atom stereocenters. The highest BCUT2D eigenvalue weighted by Gasteiger charge is 2.27. The number of aliphatic hydroxyl groups excluding tert-OH is 1. The van der Waals surface area contributed by atoms with Gasteiger partial charge >= 0.3 is 0 Å². The van der Waals surface area contributed by atoms with Crippen molar-refractivity contribution in [1.29, 1.82) is 0 Å². The molecule has 0 aromatic heterocycles. The van der Waals surface area contributed by atoms with Gasteiger partial charge in [-0.1, -0.05) is 77.9 Å². The minimum absolute atomic E-state index is 0.184. The fourth-order valence-corrected chi connectivity index (χ4v) is 4.00. The van der Waals surface area contributed by atoms with Gasteiger partial charge in [0.1, 0.15) is 18.5 Å². The van der Waals surface area contributed by atoms with E-state index in [0.29, 0.717) is 19.4 Å². The Balaban J connectivity index is 2.00. The highest BCUT2D eigenvalue weighted by Crippen LogP contribution is 2.35. The van der Waals surface area contributed by atoms with Gasteiger partial charge in [-0.25, -0.2) is 0 Å². The second-order valence-corrected chi connectivity index (χ2v) is 9.20. The third-order valence-corrected chi connectivity index (χ3v) is 6.77. The van der Waals surface area contributed by atoms with Crippen LogP contribution in [0.15, 0.2) is 48.5 Å². The second-order valence-electron chi connectivity index (χ2n) is 9.20. The minimum atomic E-state index is -0.759. The summed E-state index contributed by atoms with van der Waals surface area (Å²) in [6, 6.07) is 16.4. The van der Waals surface area contributed by atoms with Crippen LogP contribution < -0.4 is 4.74 Å². The lowest BCUT2D eigenvalue weighted by molar-refractivity contribution is -0.0268. The molecule has 4 heteroatoms. The molecule has 1 unspecified atom stereocenters. The first kappa shape index (κ1) is 26.4. The smallest absolute Gasteiger partial charge is 0.119 e. The zero-order chi connectivity index (χ0) is 23.8. The summed E-state index contributed by atoms with van der Waals surface area (Å²) in [6.45, 7) is 13.1. The Kier molecular flexibility index (Phi) is 9.75. The molecule has 0 spiro atoms. The molecule has 2 rings (SSSR count). The van der Waals surface area contributed by atoms with E-state index in [-0.39, 0.29) is 18.1 Å². The summed E-state index contributed by atoms with van der Waals surface area (Å²) in [5, 5.41) is 20.9. The van der Waals surface area contributed by atoms with E-state index in [0.717, 1.165) is 24.2 Å². The molecule has 0 radical (unpaired) electrons. The molecule has 0 saturated heterocycles. The van der Waals surface area contributed by atoms with Crippen LogP contribution in [0.5, 0.6) is 5.75 Å². The largest absolute Gasteiger partial charge is 0.491 e. The lowest BCUT2D eigenvalue weighted by atomic mass is 9.77. The van der Waals surface area contributed by atoms with E-state index >= 15 is 0 Å². The Labute approximate surface area is 194 Å². The van der Waals surface area contributed by atoms with Gasteiger partial charge in [0.25, 0.3) is 0 Å². The predicted octanol–water partition coefficient (Wildman–Crippen LogP) is 5.97. The first-order chi connectivity index (χ1) is 15.2. The van der Waals surface area contributed by atoms with Gasteiger partial charge < -0.3 is 19.7 Å². The fraction of sp³-hybridized carbons (Fsp3) is 0.571. The van der Waals surface area contributed by atoms with Gasteiger partial charge in [-0.05, 0) is 54.5 Å². The standard InChI is InChI=1S/C28H42O4/c1-7-25(8-2)31-19-24(29)20-32-26-17-15-22(16-18-26)27(5,6)21-11-13-23(14-12-21)28(30,9-3)10-4/h11-18,24-25,29-30H,7-10,19-20H2,1-6H3. The molecule has 2 N–H and O–H groups in total. The van der Waals surface area contributed by atoms with Crippen LogP contribution in [-0.4, -0.2) is 35.6 Å². The van der Waals surface area contributed by atoms with E-state index in [9.17, 15) is 10.2 Å². The molecule has 178 valence electrons. The third kappa shape index (κ3) is 6.57. The zero-order valence-electron chi connectivity index (χ0n) is 20.7. The van der Waals surface area contributed by atoms with E-state index in [1.807, 2.05) is 38.1 Å². The lowest BCUT2D eigenvalue weighted by Crippen LogP contribution is -2.26. The Morgan fingerprint density at radius 3 is 1.69 bits per heavy atom. The summed E-state index contributed by atoms with van der Waals surface area (Å²) >= 11 is 0. The van der Waals surface area contributed by atoms with Crippen LogP contribution in [0.25, 0.3) is 0 Å². The Bertz CT molecular complexity index is 787. The minimum Gasteiger partial charge on any atom is -0.491 e. The van der Waals surface area contributed by atoms with Crippen LogP contribution >= 0.6 is 0 Å². The zero-order valence-corrected chi connectivity index (χ0v) is 20.7. The molecule has 0 amide bonds. The third-order valence-electron chi connectivity index (χ3n) is 6.77. The number of rotatable bonds is 13. The van der Waals surface area contributed by atoms with Gasteiger partial charge in [-0.3, -0.25) is 0 Å². The van der Waals surface area contributed by atoms with Crippen LogP contribution in [0.3, 0.4) is 0 Å². The van der Waals surface area contributed by atoms with Crippen LogP contribution in [0.2, 0.25) is 0 Å². The van der Waals surface area contributed by atoms with Crippen molar-refractivity contribution in [3.8, 4) is 5.75 Å². The molecule has 0 aliphatic heterocycles. The van der Waals surface area contributed by atoms with Gasteiger partial charge in [-0.2, -0.15) is 0 Å². The lowest BCUT2D eigenvalue weighted by Gasteiger charge is -2.29. The molecule has 0 aliphatic rings. The number of benzene rings is 2. The Morgan fingerprint density at radius 1 is 0.750 bits per heavy atom. The quantitative estimate of drug-likeness (QED) is 0.401. The summed E-state index contributed by atoms with van der Waals surface area (Å²) in [5.41, 5.74) is 2.40. The first-order valence-electron chi connectivity index (χ1n) is 12.1. The van der Waals surface area contributed by atoms with E-state index in [1.54, 1.807) is 0 Å². The van der Waals surface area contributed by atoms with Crippen molar-refractivity contribution in [3.63, 3.8) is 0 Å². The van der Waals surface area contributed by atoms with E-state index in [1.165, 1.54) is 11.1 Å². The van der Waals surface area contributed by atoms with Gasteiger partial charge in [-0.15, -0.1) is 0 Å². The van der Waals surface area contributed by atoms with E-state index < -0.39 is 11.7 Å². The number of hydrogen-bond donors (Lipinski definition) is 2. The van der Waals surface area contributed by atoms with Crippen molar-refractivity contribution in [3.05, 3.63) is 65.2 Å². The Hall–Kier alpha value is -1.88. The number of aliphatic hydroxyl groups is 2. The first-order valence-corrected chi connectivity index (χ1v) is 12.1. The van der Waals surface area contributed by atoms with Gasteiger partial charge in [0, 0.05) is 5.41 Å². The second kappa shape index (κ2) is 11.8. The highest BCUT2D eigenvalue weighted by atomic mass is 16.5. The average molecular weight is 443 g/mol. The monoisotopic (exact) mass is 442 g/mol. The van der Waals surface area contributed by atoms with Crippen molar-refractivity contribution in [2.45, 2.75) is 90.4 Å². The molecule has 0 heterocycles. The van der Waals surface area contributed by atoms with Gasteiger partial charge in [0.15, 0.2) is 0 Å². The number of hydrogen-bond acceptors (Lipinski definition) is 4. The molecule has 0 aliphatic carbocycles. The van der Waals surface area contributed by atoms with Crippen LogP contribution in [0.4, 0.5) is 0 Å². The molecule has 2 aromatic rings. The van der Waals surface area contributed by atoms with Gasteiger partial charge in [0.05, 0.1) is 18.3 Å². The fourth-order valence-electron chi connectivity index (χ4n) is 4.00. The normalized spacial score (nSPS) is 13.4. The van der Waals surface area contributed by atoms with Crippen molar-refractivity contribution in [2.75, 3.05) is 13.2 Å². The predicted molar refractivity (Wildman–Crippen MR) is 131 cm³/mol. The molecule has 4 nitrogen and oxygen atoms in total. The van der Waals surface area contributed by atoms with Crippen LogP contribution in [-0.2, 0) is 15.8 Å². The maximum Gasteiger partial charge on any atom is 0.119 e. The molecular formula is C28H42O4. The van der Waals surface area contributed by atoms with Gasteiger partial charge in [0.2, 0.25) is 0 Å². The topological polar surface area (TPSA) is 58.9 Å². The summed E-state index contributed by atoms with van der Waals surface area (Å²) in [6.07, 6.45) is 2.84.